The molecule has 0 unspecified atom stereocenters. The van der Waals surface area contributed by atoms with E-state index in [4.69, 9.17) is 12.9 Å². The standard InChI is InChI=1S/C28H20NO2.C12H10N.Ir/c1-17(2)19-13-14-29-24(15-19)22-10-6-9-20-21-11-12-25-23(28(21)31-27(20)22)16-26(30-25)18-7-4-3-5-8-18;1-10-7-8-12(13-9-10)11-5-3-2-4-6-11;/h3-9,11-17H,1-2H3;2-5,7-9H,1H3;/q2*-1;/i;1D3;. The fourth-order valence-corrected chi connectivity index (χ4v) is 5.30. The van der Waals surface area contributed by atoms with Crippen LogP contribution in [0.1, 0.15) is 35.0 Å². The molecule has 4 nitrogen and oxygen atoms in total. The van der Waals surface area contributed by atoms with Crippen LogP contribution < -0.4 is 0 Å². The number of benzene rings is 4. The second kappa shape index (κ2) is 13.0. The Balaban J connectivity index is 0.000000201. The van der Waals surface area contributed by atoms with Crippen molar-refractivity contribution in [1.82, 2.24) is 9.97 Å². The van der Waals surface area contributed by atoms with Crippen LogP contribution in [0.15, 0.2) is 130 Å². The van der Waals surface area contributed by atoms with Crippen molar-refractivity contribution in [3.05, 3.63) is 145 Å². The minimum Gasteiger partial charge on any atom is -0.500 e. The molecule has 8 aromatic rings. The minimum atomic E-state index is -2.09. The minimum absolute atomic E-state index is 0. The summed E-state index contributed by atoms with van der Waals surface area (Å²) in [7, 11) is 0. The van der Waals surface area contributed by atoms with Gasteiger partial charge >= 0.3 is 0 Å². The Hall–Kier alpha value is -4.83. The van der Waals surface area contributed by atoms with Crippen LogP contribution in [0, 0.1) is 19.0 Å². The predicted octanol–water partition coefficient (Wildman–Crippen LogP) is 10.8. The van der Waals surface area contributed by atoms with Crippen molar-refractivity contribution in [3.63, 3.8) is 0 Å². The molecule has 0 aliphatic rings. The SMILES string of the molecule is CC(C)c1ccnc(-c2[c-]ccc3c2oc2c4cc(-c5ccccc5)oc4ccc32)c1.[2H]C([2H])([2H])c1ccc(-c2[c-]cccc2)nc1.[Ir]. The second-order valence-corrected chi connectivity index (χ2v) is 10.9. The van der Waals surface area contributed by atoms with Gasteiger partial charge in [-0.25, -0.2) is 0 Å². The summed E-state index contributed by atoms with van der Waals surface area (Å²) in [6, 6.07) is 41.6. The van der Waals surface area contributed by atoms with Gasteiger partial charge in [0.25, 0.3) is 0 Å². The Kier molecular flexibility index (Phi) is 7.69. The Labute approximate surface area is 280 Å². The summed E-state index contributed by atoms with van der Waals surface area (Å²) in [5, 5.41) is 3.10. The molecule has 0 atom stereocenters. The van der Waals surface area contributed by atoms with E-state index in [-0.39, 0.29) is 25.7 Å². The first-order valence-corrected chi connectivity index (χ1v) is 14.5. The van der Waals surface area contributed by atoms with Crippen molar-refractivity contribution >= 4 is 32.9 Å². The Bertz CT molecular complexity index is 2310. The molecule has 4 heterocycles. The van der Waals surface area contributed by atoms with Gasteiger partial charge in [-0.15, -0.1) is 54.1 Å². The number of fused-ring (bicyclic) bond motifs is 5. The van der Waals surface area contributed by atoms with E-state index in [0.717, 1.165) is 66.7 Å². The monoisotopic (exact) mass is 766 g/mol. The van der Waals surface area contributed by atoms with Crippen LogP contribution in [0.5, 0.6) is 0 Å². The van der Waals surface area contributed by atoms with Crippen LogP contribution in [0.25, 0.3) is 66.7 Å². The van der Waals surface area contributed by atoms with Gasteiger partial charge in [-0.2, -0.15) is 0 Å². The zero-order chi connectivity index (χ0) is 32.5. The average Bonchev–Trinajstić information content (AvgIpc) is 3.71. The van der Waals surface area contributed by atoms with E-state index in [9.17, 15) is 0 Å². The van der Waals surface area contributed by atoms with Crippen molar-refractivity contribution in [1.29, 1.82) is 0 Å². The number of aryl methyl sites for hydroxylation is 1. The molecule has 0 saturated heterocycles. The number of hydrogen-bond acceptors (Lipinski definition) is 4. The predicted molar refractivity (Wildman–Crippen MR) is 178 cm³/mol. The number of pyridine rings is 2. The van der Waals surface area contributed by atoms with Gasteiger partial charge in [-0.05, 0) is 54.0 Å². The van der Waals surface area contributed by atoms with Crippen LogP contribution in [0.2, 0.25) is 0 Å². The molecule has 0 bridgehead atoms. The first-order valence-electron chi connectivity index (χ1n) is 16.0. The first kappa shape index (κ1) is 26.6. The molecule has 4 aromatic carbocycles. The summed E-state index contributed by atoms with van der Waals surface area (Å²) < 4.78 is 34.3. The van der Waals surface area contributed by atoms with E-state index in [1.165, 1.54) is 11.8 Å². The molecule has 45 heavy (non-hydrogen) atoms. The summed E-state index contributed by atoms with van der Waals surface area (Å²) in [6.45, 7) is 2.28. The molecule has 0 N–H and O–H groups in total. The zero-order valence-corrected chi connectivity index (χ0v) is 27.1. The molecule has 8 rings (SSSR count). The molecule has 0 amide bonds. The van der Waals surface area contributed by atoms with Gasteiger partial charge in [-0.3, -0.25) is 0 Å². The maximum absolute atomic E-state index is 7.23. The molecule has 1 radical (unpaired) electrons. The summed E-state index contributed by atoms with van der Waals surface area (Å²) in [5.41, 5.74) is 8.36. The summed E-state index contributed by atoms with van der Waals surface area (Å²) in [4.78, 5) is 8.73. The van der Waals surface area contributed by atoms with Crippen LogP contribution >= 0.6 is 0 Å². The van der Waals surface area contributed by atoms with Crippen LogP contribution in [-0.2, 0) is 20.1 Å². The maximum Gasteiger partial charge on any atom is 0.138 e. The molecule has 0 aliphatic carbocycles. The molecule has 223 valence electrons. The average molecular weight is 766 g/mol. The third-order valence-corrected chi connectivity index (χ3v) is 7.61. The van der Waals surface area contributed by atoms with Gasteiger partial charge in [0.05, 0.1) is 11.0 Å². The molecular formula is C40H30IrN2O2-2. The summed E-state index contributed by atoms with van der Waals surface area (Å²) in [5.74, 6) is 1.26. The van der Waals surface area contributed by atoms with E-state index >= 15 is 0 Å². The van der Waals surface area contributed by atoms with E-state index in [0.29, 0.717) is 5.92 Å². The Morgan fingerprint density at radius 3 is 2.31 bits per heavy atom. The summed E-state index contributed by atoms with van der Waals surface area (Å²) in [6.07, 6.45) is 3.25. The quantitative estimate of drug-likeness (QED) is 0.167. The topological polar surface area (TPSA) is 52.1 Å². The number of aromatic nitrogens is 2. The zero-order valence-electron chi connectivity index (χ0n) is 27.7. The molecular weight excluding hydrogens is 733 g/mol. The molecule has 4 aromatic heterocycles. The molecule has 0 aliphatic heterocycles. The van der Waals surface area contributed by atoms with Crippen molar-refractivity contribution in [2.24, 2.45) is 0 Å². The molecule has 0 saturated carbocycles. The number of rotatable bonds is 4. The summed E-state index contributed by atoms with van der Waals surface area (Å²) >= 11 is 0. The van der Waals surface area contributed by atoms with Gasteiger partial charge in [0, 0.05) is 47.6 Å². The Morgan fingerprint density at radius 1 is 0.711 bits per heavy atom. The fraction of sp³-hybridized carbons (Fsp3) is 0.100. The van der Waals surface area contributed by atoms with Crippen molar-refractivity contribution in [2.75, 3.05) is 0 Å². The maximum atomic E-state index is 7.23. The largest absolute Gasteiger partial charge is 0.500 e. The molecule has 0 fully saturated rings. The van der Waals surface area contributed by atoms with E-state index in [1.807, 2.05) is 66.9 Å². The van der Waals surface area contributed by atoms with E-state index < -0.39 is 6.85 Å². The fourth-order valence-electron chi connectivity index (χ4n) is 5.30. The third-order valence-electron chi connectivity index (χ3n) is 7.61. The number of hydrogen-bond donors (Lipinski definition) is 0. The van der Waals surface area contributed by atoms with Crippen LogP contribution in [-0.4, -0.2) is 9.97 Å². The van der Waals surface area contributed by atoms with Crippen molar-refractivity contribution < 1.29 is 33.1 Å². The van der Waals surface area contributed by atoms with Gasteiger partial charge in [0.2, 0.25) is 0 Å². The van der Waals surface area contributed by atoms with Crippen molar-refractivity contribution in [3.8, 4) is 33.8 Å². The smallest absolute Gasteiger partial charge is 0.138 e. The molecule has 0 spiro atoms. The van der Waals surface area contributed by atoms with Gasteiger partial charge in [0.15, 0.2) is 0 Å². The van der Waals surface area contributed by atoms with E-state index in [2.05, 4.69) is 66.3 Å². The first-order chi connectivity index (χ1) is 22.8. The second-order valence-electron chi connectivity index (χ2n) is 10.9. The third kappa shape index (κ3) is 6.10. The van der Waals surface area contributed by atoms with Gasteiger partial charge in [0.1, 0.15) is 16.9 Å². The van der Waals surface area contributed by atoms with Gasteiger partial charge < -0.3 is 18.8 Å². The normalized spacial score (nSPS) is 12.3. The van der Waals surface area contributed by atoms with E-state index in [1.54, 1.807) is 18.2 Å². The van der Waals surface area contributed by atoms with Crippen LogP contribution in [0.4, 0.5) is 0 Å². The Morgan fingerprint density at radius 2 is 1.56 bits per heavy atom. The van der Waals surface area contributed by atoms with Crippen molar-refractivity contribution in [2.45, 2.75) is 26.6 Å². The molecule has 5 heteroatoms. The number of nitrogens with zero attached hydrogens (tertiary/aromatic N) is 2. The van der Waals surface area contributed by atoms with Gasteiger partial charge in [-0.1, -0.05) is 78.9 Å². The number of furan rings is 2. The van der Waals surface area contributed by atoms with Crippen LogP contribution in [0.3, 0.4) is 0 Å².